The molecule has 2 amide bonds. The average Bonchev–Trinajstić information content (AvgIpc) is 2.42. The normalized spacial score (nSPS) is 14.7. The van der Waals surface area contributed by atoms with Crippen LogP contribution < -0.4 is 10.2 Å². The summed E-state index contributed by atoms with van der Waals surface area (Å²) in [6.07, 6.45) is 2.13. The smallest absolute Gasteiger partial charge is 0.323 e. The third-order valence-corrected chi connectivity index (χ3v) is 3.41. The molecule has 0 aromatic heterocycles. The minimum Gasteiger partial charge on any atom is -0.323 e. The molecule has 0 saturated heterocycles. The number of hydrogen-bond acceptors (Lipinski definition) is 2. The van der Waals surface area contributed by atoms with Crippen molar-refractivity contribution in [3.63, 3.8) is 0 Å². The van der Waals surface area contributed by atoms with E-state index in [-0.39, 0.29) is 6.03 Å². The molecule has 1 N–H and O–H groups in total. The highest BCUT2D eigenvalue weighted by Gasteiger charge is 2.26. The Kier molecular flexibility index (Phi) is 4.80. The first kappa shape index (κ1) is 13.9. The first-order chi connectivity index (χ1) is 9.24. The Balaban J connectivity index is 2.00. The molecule has 4 heteroatoms. The van der Waals surface area contributed by atoms with Gasteiger partial charge in [-0.3, -0.25) is 4.90 Å². The van der Waals surface area contributed by atoms with Gasteiger partial charge >= 0.3 is 6.03 Å². The number of carbonyl (C=O) groups is 1. The van der Waals surface area contributed by atoms with Crippen LogP contribution in [0.3, 0.4) is 0 Å². The fourth-order valence-electron chi connectivity index (χ4n) is 2.42. The molecule has 4 nitrogen and oxygen atoms in total. The van der Waals surface area contributed by atoms with Crippen LogP contribution in [0.2, 0.25) is 0 Å². The molecule has 2 rings (SSSR count). The first-order valence-corrected chi connectivity index (χ1v) is 7.05. The van der Waals surface area contributed by atoms with Gasteiger partial charge in [0.05, 0.1) is 5.69 Å². The average molecular weight is 261 g/mol. The predicted octanol–water partition coefficient (Wildman–Crippen LogP) is 2.45. The van der Waals surface area contributed by atoms with Crippen LogP contribution >= 0.6 is 0 Å². The van der Waals surface area contributed by atoms with Gasteiger partial charge in [-0.1, -0.05) is 25.1 Å². The minimum absolute atomic E-state index is 0.106. The lowest BCUT2D eigenvalue weighted by molar-refractivity contribution is 0.210. The van der Waals surface area contributed by atoms with Gasteiger partial charge in [0, 0.05) is 20.1 Å². The van der Waals surface area contributed by atoms with E-state index >= 15 is 0 Å². The molecule has 19 heavy (non-hydrogen) atoms. The molecule has 0 atom stereocenters. The molecular formula is C15H23N3O. The Morgan fingerprint density at radius 2 is 2.05 bits per heavy atom. The zero-order valence-electron chi connectivity index (χ0n) is 11.9. The highest BCUT2D eigenvalue weighted by molar-refractivity contribution is 5.94. The zero-order valence-corrected chi connectivity index (χ0v) is 11.9. The number of para-hydroxylation sites is 1. The van der Waals surface area contributed by atoms with Gasteiger partial charge in [-0.25, -0.2) is 4.79 Å². The lowest BCUT2D eigenvalue weighted by atomic mass is 10.1. The number of rotatable bonds is 6. The van der Waals surface area contributed by atoms with Crippen LogP contribution in [-0.4, -0.2) is 37.6 Å². The van der Waals surface area contributed by atoms with Gasteiger partial charge in [0.25, 0.3) is 0 Å². The monoisotopic (exact) mass is 261 g/mol. The van der Waals surface area contributed by atoms with E-state index in [1.807, 2.05) is 30.1 Å². The van der Waals surface area contributed by atoms with E-state index in [1.54, 1.807) is 4.90 Å². The van der Waals surface area contributed by atoms with Gasteiger partial charge < -0.3 is 10.2 Å². The standard InChI is InChI=1S/C15H23N3O/c1-3-9-16-10-6-11-18-14-8-5-4-7-13(14)12-17(2)15(18)19/h4-5,7-8,16H,3,6,9-12H2,1-2H3. The summed E-state index contributed by atoms with van der Waals surface area (Å²) in [4.78, 5) is 15.9. The second-order valence-electron chi connectivity index (χ2n) is 5.02. The second kappa shape index (κ2) is 6.57. The highest BCUT2D eigenvalue weighted by atomic mass is 16.2. The molecule has 1 aromatic carbocycles. The highest BCUT2D eigenvalue weighted by Crippen LogP contribution is 2.27. The van der Waals surface area contributed by atoms with E-state index in [4.69, 9.17) is 0 Å². The molecular weight excluding hydrogens is 238 g/mol. The topological polar surface area (TPSA) is 35.6 Å². The SMILES string of the molecule is CCCNCCCN1C(=O)N(C)Cc2ccccc21. The van der Waals surface area contributed by atoms with Crippen molar-refractivity contribution < 1.29 is 4.79 Å². The lowest BCUT2D eigenvalue weighted by Crippen LogP contribution is -2.46. The van der Waals surface area contributed by atoms with Gasteiger partial charge in [0.1, 0.15) is 0 Å². The summed E-state index contributed by atoms with van der Waals surface area (Å²) in [5, 5.41) is 3.37. The Labute approximate surface area is 115 Å². The molecule has 0 fully saturated rings. The quantitative estimate of drug-likeness (QED) is 0.798. The number of anilines is 1. The van der Waals surface area contributed by atoms with Crippen molar-refractivity contribution >= 4 is 11.7 Å². The van der Waals surface area contributed by atoms with Gasteiger partial charge in [-0.2, -0.15) is 0 Å². The fourth-order valence-corrected chi connectivity index (χ4v) is 2.42. The van der Waals surface area contributed by atoms with Crippen LogP contribution in [0.25, 0.3) is 0 Å². The first-order valence-electron chi connectivity index (χ1n) is 7.05. The maximum absolute atomic E-state index is 12.2. The van der Waals surface area contributed by atoms with Crippen molar-refractivity contribution in [2.24, 2.45) is 0 Å². The Bertz CT molecular complexity index is 433. The van der Waals surface area contributed by atoms with E-state index in [9.17, 15) is 4.79 Å². The summed E-state index contributed by atoms with van der Waals surface area (Å²) in [5.41, 5.74) is 2.30. The molecule has 0 spiro atoms. The van der Waals surface area contributed by atoms with Crippen LogP contribution in [0, 0.1) is 0 Å². The molecule has 1 aliphatic heterocycles. The van der Waals surface area contributed by atoms with Crippen molar-refractivity contribution in [3.05, 3.63) is 29.8 Å². The van der Waals surface area contributed by atoms with Crippen molar-refractivity contribution in [2.45, 2.75) is 26.3 Å². The number of hydrogen-bond donors (Lipinski definition) is 1. The largest absolute Gasteiger partial charge is 0.324 e. The number of amides is 2. The zero-order chi connectivity index (χ0) is 13.7. The molecule has 0 radical (unpaired) electrons. The molecule has 0 saturated carbocycles. The van der Waals surface area contributed by atoms with Gasteiger partial charge in [0.15, 0.2) is 0 Å². The van der Waals surface area contributed by atoms with Crippen molar-refractivity contribution in [1.82, 2.24) is 10.2 Å². The van der Waals surface area contributed by atoms with E-state index in [1.165, 1.54) is 5.56 Å². The number of benzene rings is 1. The maximum atomic E-state index is 12.2. The molecule has 1 aliphatic rings. The summed E-state index contributed by atoms with van der Waals surface area (Å²) in [7, 11) is 1.86. The Morgan fingerprint density at radius 3 is 2.84 bits per heavy atom. The van der Waals surface area contributed by atoms with Gasteiger partial charge in [-0.05, 0) is 37.6 Å². The minimum atomic E-state index is 0.106. The summed E-state index contributed by atoms with van der Waals surface area (Å²) >= 11 is 0. The molecule has 0 aliphatic carbocycles. The van der Waals surface area contributed by atoms with Crippen LogP contribution in [0.1, 0.15) is 25.3 Å². The number of nitrogens with zero attached hydrogens (tertiary/aromatic N) is 2. The molecule has 104 valence electrons. The molecule has 0 unspecified atom stereocenters. The second-order valence-corrected chi connectivity index (χ2v) is 5.02. The summed E-state index contributed by atoms with van der Waals surface area (Å²) in [5.74, 6) is 0. The van der Waals surface area contributed by atoms with Crippen molar-refractivity contribution in [1.29, 1.82) is 0 Å². The number of fused-ring (bicyclic) bond motifs is 1. The Hall–Kier alpha value is -1.55. The lowest BCUT2D eigenvalue weighted by Gasteiger charge is -2.35. The summed E-state index contributed by atoms with van der Waals surface area (Å²) < 4.78 is 0. The van der Waals surface area contributed by atoms with E-state index in [0.29, 0.717) is 6.54 Å². The summed E-state index contributed by atoms with van der Waals surface area (Å²) in [6, 6.07) is 8.28. The molecule has 1 heterocycles. The predicted molar refractivity (Wildman–Crippen MR) is 78.4 cm³/mol. The third kappa shape index (κ3) is 3.26. The maximum Gasteiger partial charge on any atom is 0.324 e. The van der Waals surface area contributed by atoms with Crippen LogP contribution in [-0.2, 0) is 6.54 Å². The fraction of sp³-hybridized carbons (Fsp3) is 0.533. The van der Waals surface area contributed by atoms with Gasteiger partial charge in [-0.15, -0.1) is 0 Å². The number of urea groups is 1. The van der Waals surface area contributed by atoms with Crippen LogP contribution in [0.5, 0.6) is 0 Å². The van der Waals surface area contributed by atoms with E-state index < -0.39 is 0 Å². The van der Waals surface area contributed by atoms with E-state index in [2.05, 4.69) is 18.3 Å². The summed E-state index contributed by atoms with van der Waals surface area (Å²) in [6.45, 7) is 5.65. The van der Waals surface area contributed by atoms with Crippen LogP contribution in [0.4, 0.5) is 10.5 Å². The van der Waals surface area contributed by atoms with Gasteiger partial charge in [0.2, 0.25) is 0 Å². The molecule has 1 aromatic rings. The third-order valence-electron chi connectivity index (χ3n) is 3.41. The molecule has 0 bridgehead atoms. The van der Waals surface area contributed by atoms with E-state index in [0.717, 1.165) is 38.2 Å². The number of carbonyl (C=O) groups excluding carboxylic acids is 1. The van der Waals surface area contributed by atoms with Crippen molar-refractivity contribution in [3.8, 4) is 0 Å². The number of nitrogens with one attached hydrogen (secondary N) is 1. The van der Waals surface area contributed by atoms with Crippen molar-refractivity contribution in [2.75, 3.05) is 31.6 Å². The Morgan fingerprint density at radius 1 is 1.26 bits per heavy atom. The van der Waals surface area contributed by atoms with Crippen LogP contribution in [0.15, 0.2) is 24.3 Å².